The smallest absolute Gasteiger partial charge is 0.0744 e. The SMILES string of the molecule is C=CC[C@@H](C)C(O)(CC=C)CC=C. The van der Waals surface area contributed by atoms with E-state index in [0.717, 1.165) is 6.42 Å². The maximum atomic E-state index is 10.2. The van der Waals surface area contributed by atoms with Gasteiger partial charge in [-0.3, -0.25) is 0 Å². The minimum atomic E-state index is -0.697. The Morgan fingerprint density at radius 3 is 1.92 bits per heavy atom. The third kappa shape index (κ3) is 3.60. The third-order valence-electron chi connectivity index (χ3n) is 2.43. The fraction of sp³-hybridized carbons (Fsp3) is 0.500. The van der Waals surface area contributed by atoms with E-state index in [0.29, 0.717) is 12.8 Å². The number of aliphatic hydroxyl groups is 1. The van der Waals surface area contributed by atoms with E-state index in [1.165, 1.54) is 0 Å². The van der Waals surface area contributed by atoms with Crippen molar-refractivity contribution >= 4 is 0 Å². The molecule has 1 atom stereocenters. The van der Waals surface area contributed by atoms with E-state index >= 15 is 0 Å². The number of rotatable bonds is 7. The molecule has 1 N–H and O–H groups in total. The summed E-state index contributed by atoms with van der Waals surface area (Å²) in [5.41, 5.74) is -0.697. The van der Waals surface area contributed by atoms with E-state index in [1.54, 1.807) is 12.2 Å². The molecule has 0 heterocycles. The average molecular weight is 180 g/mol. The summed E-state index contributed by atoms with van der Waals surface area (Å²) in [6.45, 7) is 13.0. The molecule has 0 rings (SSSR count). The van der Waals surface area contributed by atoms with Crippen molar-refractivity contribution in [2.45, 2.75) is 31.8 Å². The van der Waals surface area contributed by atoms with Gasteiger partial charge in [0.15, 0.2) is 0 Å². The monoisotopic (exact) mass is 180 g/mol. The van der Waals surface area contributed by atoms with Crippen molar-refractivity contribution in [2.24, 2.45) is 5.92 Å². The molecule has 0 saturated carbocycles. The van der Waals surface area contributed by atoms with E-state index in [-0.39, 0.29) is 5.92 Å². The predicted octanol–water partition coefficient (Wildman–Crippen LogP) is 3.08. The van der Waals surface area contributed by atoms with Gasteiger partial charge in [-0.15, -0.1) is 19.7 Å². The molecule has 0 saturated heterocycles. The van der Waals surface area contributed by atoms with Crippen molar-refractivity contribution in [1.29, 1.82) is 0 Å². The van der Waals surface area contributed by atoms with Crippen LogP contribution in [0.25, 0.3) is 0 Å². The molecule has 0 fully saturated rings. The molecule has 1 nitrogen and oxygen atoms in total. The van der Waals surface area contributed by atoms with Gasteiger partial charge in [0.25, 0.3) is 0 Å². The second kappa shape index (κ2) is 5.76. The van der Waals surface area contributed by atoms with Crippen molar-refractivity contribution in [1.82, 2.24) is 0 Å². The van der Waals surface area contributed by atoms with Crippen LogP contribution in [-0.2, 0) is 0 Å². The lowest BCUT2D eigenvalue weighted by atomic mass is 9.81. The van der Waals surface area contributed by atoms with Crippen LogP contribution in [-0.4, -0.2) is 10.7 Å². The minimum absolute atomic E-state index is 0.195. The van der Waals surface area contributed by atoms with Crippen LogP contribution in [0, 0.1) is 5.92 Å². The summed E-state index contributed by atoms with van der Waals surface area (Å²) >= 11 is 0. The maximum Gasteiger partial charge on any atom is 0.0744 e. The van der Waals surface area contributed by atoms with Gasteiger partial charge >= 0.3 is 0 Å². The second-order valence-electron chi connectivity index (χ2n) is 3.51. The van der Waals surface area contributed by atoms with Crippen LogP contribution in [0.4, 0.5) is 0 Å². The second-order valence-corrected chi connectivity index (χ2v) is 3.51. The Hall–Kier alpha value is -0.820. The summed E-state index contributed by atoms with van der Waals surface area (Å²) in [6, 6.07) is 0. The lowest BCUT2D eigenvalue weighted by Gasteiger charge is -2.32. The van der Waals surface area contributed by atoms with Crippen molar-refractivity contribution in [2.75, 3.05) is 0 Å². The van der Waals surface area contributed by atoms with Crippen LogP contribution in [0.3, 0.4) is 0 Å². The number of allylic oxidation sites excluding steroid dienone is 1. The molecule has 0 radical (unpaired) electrons. The molecule has 13 heavy (non-hydrogen) atoms. The Morgan fingerprint density at radius 1 is 1.15 bits per heavy atom. The molecule has 0 amide bonds. The highest BCUT2D eigenvalue weighted by atomic mass is 16.3. The molecular formula is C12H20O. The molecule has 1 heteroatoms. The molecule has 0 aliphatic heterocycles. The Kier molecular flexibility index (Phi) is 5.40. The Morgan fingerprint density at radius 2 is 1.62 bits per heavy atom. The predicted molar refractivity (Wildman–Crippen MR) is 58.6 cm³/mol. The largest absolute Gasteiger partial charge is 0.389 e. The molecule has 0 aromatic rings. The first-order chi connectivity index (χ1) is 6.10. The van der Waals surface area contributed by atoms with Gasteiger partial charge in [-0.05, 0) is 25.2 Å². The average Bonchev–Trinajstić information content (AvgIpc) is 2.05. The van der Waals surface area contributed by atoms with E-state index < -0.39 is 5.60 Å². The normalized spacial score (nSPS) is 13.4. The zero-order valence-corrected chi connectivity index (χ0v) is 8.50. The van der Waals surface area contributed by atoms with Crippen molar-refractivity contribution < 1.29 is 5.11 Å². The Bertz CT molecular complexity index is 172. The summed E-state index contributed by atoms with van der Waals surface area (Å²) in [4.78, 5) is 0. The summed E-state index contributed by atoms with van der Waals surface area (Å²) in [5.74, 6) is 0.195. The maximum absolute atomic E-state index is 10.2. The number of hydrogen-bond acceptors (Lipinski definition) is 1. The highest BCUT2D eigenvalue weighted by Gasteiger charge is 2.29. The molecule has 0 aliphatic carbocycles. The fourth-order valence-electron chi connectivity index (χ4n) is 1.45. The lowest BCUT2D eigenvalue weighted by Crippen LogP contribution is -2.35. The van der Waals surface area contributed by atoms with Crippen molar-refractivity contribution in [3.05, 3.63) is 38.0 Å². The first kappa shape index (κ1) is 12.2. The van der Waals surface area contributed by atoms with Gasteiger partial charge in [0, 0.05) is 0 Å². The highest BCUT2D eigenvalue weighted by molar-refractivity contribution is 4.96. The quantitative estimate of drug-likeness (QED) is 0.597. The summed E-state index contributed by atoms with van der Waals surface area (Å²) in [5, 5.41) is 10.2. The zero-order valence-electron chi connectivity index (χ0n) is 8.50. The topological polar surface area (TPSA) is 20.2 Å². The van der Waals surface area contributed by atoms with Crippen molar-refractivity contribution in [3.8, 4) is 0 Å². The molecule has 0 aliphatic rings. The standard InChI is InChI=1S/C12H20O/c1-5-8-11(4)12(13,9-6-2)10-7-3/h5-7,11,13H,1-3,8-10H2,4H3/t11-/m1/s1. The van der Waals surface area contributed by atoms with E-state index in [1.807, 2.05) is 13.0 Å². The molecule has 0 unspecified atom stereocenters. The van der Waals surface area contributed by atoms with Crippen LogP contribution in [0.15, 0.2) is 38.0 Å². The van der Waals surface area contributed by atoms with E-state index in [9.17, 15) is 5.11 Å². The van der Waals surface area contributed by atoms with Gasteiger partial charge in [0.2, 0.25) is 0 Å². The van der Waals surface area contributed by atoms with Crippen LogP contribution in [0.5, 0.6) is 0 Å². The lowest BCUT2D eigenvalue weighted by molar-refractivity contribution is -0.00522. The van der Waals surface area contributed by atoms with Gasteiger partial charge in [-0.2, -0.15) is 0 Å². The van der Waals surface area contributed by atoms with Crippen molar-refractivity contribution in [3.63, 3.8) is 0 Å². The van der Waals surface area contributed by atoms with Crippen LogP contribution in [0.1, 0.15) is 26.2 Å². The van der Waals surface area contributed by atoms with Crippen LogP contribution < -0.4 is 0 Å². The molecule has 0 spiro atoms. The van der Waals surface area contributed by atoms with Gasteiger partial charge in [0.1, 0.15) is 0 Å². The van der Waals surface area contributed by atoms with Gasteiger partial charge < -0.3 is 5.11 Å². The highest BCUT2D eigenvalue weighted by Crippen LogP contribution is 2.28. The first-order valence-corrected chi connectivity index (χ1v) is 4.65. The van der Waals surface area contributed by atoms with E-state index in [2.05, 4.69) is 19.7 Å². The Balaban J connectivity index is 4.43. The van der Waals surface area contributed by atoms with Gasteiger partial charge in [0.05, 0.1) is 5.60 Å². The number of hydrogen-bond donors (Lipinski definition) is 1. The fourth-order valence-corrected chi connectivity index (χ4v) is 1.45. The Labute approximate surface area is 81.5 Å². The molecule has 74 valence electrons. The molecule has 0 bridgehead atoms. The molecule has 0 aromatic carbocycles. The van der Waals surface area contributed by atoms with Crippen LogP contribution in [0.2, 0.25) is 0 Å². The van der Waals surface area contributed by atoms with E-state index in [4.69, 9.17) is 0 Å². The first-order valence-electron chi connectivity index (χ1n) is 4.65. The summed E-state index contributed by atoms with van der Waals surface area (Å²) < 4.78 is 0. The van der Waals surface area contributed by atoms with Gasteiger partial charge in [-0.25, -0.2) is 0 Å². The molecule has 0 aromatic heterocycles. The third-order valence-corrected chi connectivity index (χ3v) is 2.43. The zero-order chi connectivity index (χ0) is 10.3. The summed E-state index contributed by atoms with van der Waals surface area (Å²) in [7, 11) is 0. The van der Waals surface area contributed by atoms with Gasteiger partial charge in [-0.1, -0.05) is 25.2 Å². The summed E-state index contributed by atoms with van der Waals surface area (Å²) in [6.07, 6.45) is 7.37. The van der Waals surface area contributed by atoms with Crippen LogP contribution >= 0.6 is 0 Å². The molecular weight excluding hydrogens is 160 g/mol. The minimum Gasteiger partial charge on any atom is -0.389 e.